The third-order valence-electron chi connectivity index (χ3n) is 4.84. The Labute approximate surface area is 196 Å². The number of nitrogens with one attached hydrogen (secondary N) is 2. The molecule has 0 aliphatic rings. The topological polar surface area (TPSA) is 111 Å². The van der Waals surface area contributed by atoms with E-state index in [2.05, 4.69) is 31.1 Å². The van der Waals surface area contributed by atoms with Crippen molar-refractivity contribution in [3.63, 3.8) is 0 Å². The van der Waals surface area contributed by atoms with Gasteiger partial charge in [-0.1, -0.05) is 32.9 Å². The second kappa shape index (κ2) is 9.41. The Morgan fingerprint density at radius 1 is 1.12 bits per heavy atom. The smallest absolute Gasteiger partial charge is 0.399 e. The fourth-order valence-electron chi connectivity index (χ4n) is 3.01. The summed E-state index contributed by atoms with van der Waals surface area (Å²) in [4.78, 5) is 16.5. The van der Waals surface area contributed by atoms with Gasteiger partial charge in [0.15, 0.2) is 17.3 Å². The van der Waals surface area contributed by atoms with Crippen molar-refractivity contribution in [1.82, 2.24) is 10.3 Å². The van der Waals surface area contributed by atoms with E-state index in [1.54, 1.807) is 16.9 Å². The molecule has 0 saturated heterocycles. The maximum absolute atomic E-state index is 14.2. The van der Waals surface area contributed by atoms with Gasteiger partial charge in [-0.15, -0.1) is 0 Å². The highest BCUT2D eigenvalue weighted by molar-refractivity contribution is 7.92. The van der Waals surface area contributed by atoms with Crippen LogP contribution >= 0.6 is 0 Å². The summed E-state index contributed by atoms with van der Waals surface area (Å²) in [5.74, 6) is -2.41. The molecular formula is C23H25F2N3O5S. The number of sulfonamides is 1. The molecule has 0 bridgehead atoms. The molecule has 2 N–H and O–H groups in total. The molecule has 1 heterocycles. The van der Waals surface area contributed by atoms with E-state index in [1.165, 1.54) is 6.92 Å². The lowest BCUT2D eigenvalue weighted by Gasteiger charge is -2.18. The van der Waals surface area contributed by atoms with Crippen LogP contribution in [-0.4, -0.2) is 25.6 Å². The van der Waals surface area contributed by atoms with Crippen LogP contribution < -0.4 is 14.8 Å². The fraction of sp³-hybridized carbons (Fsp3) is 0.304. The number of anilines is 1. The summed E-state index contributed by atoms with van der Waals surface area (Å²) in [5.41, 5.74) is 0.304. The first-order chi connectivity index (χ1) is 15.7. The van der Waals surface area contributed by atoms with Crippen molar-refractivity contribution in [1.29, 1.82) is 0 Å². The zero-order valence-corrected chi connectivity index (χ0v) is 20.1. The molecule has 1 amide bonds. The van der Waals surface area contributed by atoms with Gasteiger partial charge in [0, 0.05) is 0 Å². The SMILES string of the molecule is CC(NC(=O)c1coc(Oc2ccc(C(C)(C)C)cc2)n1)c1cc(F)c(NS(C)(=O)=O)c(F)c1. The number of oxazole rings is 1. The van der Waals surface area contributed by atoms with E-state index in [0.717, 1.165) is 30.2 Å². The van der Waals surface area contributed by atoms with E-state index in [1.807, 2.05) is 12.1 Å². The van der Waals surface area contributed by atoms with Crippen molar-refractivity contribution < 1.29 is 31.1 Å². The molecule has 0 spiro atoms. The molecule has 0 aliphatic carbocycles. The van der Waals surface area contributed by atoms with Crippen molar-refractivity contribution in [3.8, 4) is 11.8 Å². The molecule has 1 unspecified atom stereocenters. The summed E-state index contributed by atoms with van der Waals surface area (Å²) in [6, 6.07) is 8.40. The normalized spacial score (nSPS) is 12.8. The summed E-state index contributed by atoms with van der Waals surface area (Å²) in [5, 5.41) is 2.55. The van der Waals surface area contributed by atoms with Crippen molar-refractivity contribution in [2.24, 2.45) is 0 Å². The lowest BCUT2D eigenvalue weighted by Crippen LogP contribution is -2.27. The average Bonchev–Trinajstić information content (AvgIpc) is 3.18. The van der Waals surface area contributed by atoms with E-state index in [4.69, 9.17) is 9.15 Å². The number of halogens is 2. The van der Waals surface area contributed by atoms with Gasteiger partial charge < -0.3 is 14.5 Å². The average molecular weight is 494 g/mol. The Morgan fingerprint density at radius 2 is 1.71 bits per heavy atom. The van der Waals surface area contributed by atoms with Crippen molar-refractivity contribution in [2.75, 3.05) is 11.0 Å². The molecule has 3 rings (SSSR count). The number of aromatic nitrogens is 1. The van der Waals surface area contributed by atoms with Crippen LogP contribution in [0.3, 0.4) is 0 Å². The Kier molecular flexibility index (Phi) is 6.97. The minimum atomic E-state index is -3.87. The van der Waals surface area contributed by atoms with Crippen molar-refractivity contribution in [3.05, 3.63) is 71.1 Å². The number of amides is 1. The number of nitrogens with zero attached hydrogens (tertiary/aromatic N) is 1. The molecule has 3 aromatic rings. The van der Waals surface area contributed by atoms with Crippen molar-refractivity contribution >= 4 is 21.6 Å². The Bertz CT molecular complexity index is 1280. The second-order valence-electron chi connectivity index (χ2n) is 8.80. The number of benzene rings is 2. The van der Waals surface area contributed by atoms with Gasteiger partial charge in [0.2, 0.25) is 10.0 Å². The van der Waals surface area contributed by atoms with Crippen LogP contribution in [0.1, 0.15) is 55.4 Å². The standard InChI is InChI=1S/C23H25F2N3O5S/c1-13(14-10-17(24)20(18(25)11-14)28-34(5,30)31)26-21(29)19-12-32-22(27-19)33-16-8-6-15(7-9-16)23(2,3)4/h6-13,28H,1-5H3,(H,26,29). The van der Waals surface area contributed by atoms with Crippen LogP contribution in [0.5, 0.6) is 11.8 Å². The minimum Gasteiger partial charge on any atom is -0.416 e. The molecule has 8 nitrogen and oxygen atoms in total. The predicted molar refractivity (Wildman–Crippen MR) is 122 cm³/mol. The molecule has 11 heteroatoms. The van der Waals surface area contributed by atoms with Gasteiger partial charge in [0.25, 0.3) is 5.91 Å². The van der Waals surface area contributed by atoms with Crippen LogP contribution in [0, 0.1) is 11.6 Å². The Hall–Kier alpha value is -3.47. The third-order valence-corrected chi connectivity index (χ3v) is 5.42. The number of ether oxygens (including phenoxy) is 1. The van der Waals surface area contributed by atoms with Crippen LogP contribution in [0.15, 0.2) is 47.1 Å². The molecule has 0 saturated carbocycles. The maximum Gasteiger partial charge on any atom is 0.399 e. The molecule has 1 atom stereocenters. The lowest BCUT2D eigenvalue weighted by atomic mass is 9.87. The van der Waals surface area contributed by atoms with Gasteiger partial charge in [-0.05, 0) is 47.7 Å². The highest BCUT2D eigenvalue weighted by atomic mass is 32.2. The van der Waals surface area contributed by atoms with E-state index < -0.39 is 39.3 Å². The number of hydrogen-bond acceptors (Lipinski definition) is 6. The molecule has 1 aromatic heterocycles. The second-order valence-corrected chi connectivity index (χ2v) is 10.6. The lowest BCUT2D eigenvalue weighted by molar-refractivity contribution is 0.0934. The van der Waals surface area contributed by atoms with Gasteiger partial charge >= 0.3 is 6.08 Å². The van der Waals surface area contributed by atoms with Crippen LogP contribution in [-0.2, 0) is 15.4 Å². The number of rotatable bonds is 7. The Morgan fingerprint density at radius 3 is 2.24 bits per heavy atom. The number of carbonyl (C=O) groups excluding carboxylic acids is 1. The number of hydrogen-bond donors (Lipinski definition) is 2. The zero-order chi connectivity index (χ0) is 25.3. The van der Waals surface area contributed by atoms with Gasteiger partial charge in [0.05, 0.1) is 12.3 Å². The van der Waals surface area contributed by atoms with Crippen LogP contribution in [0.2, 0.25) is 0 Å². The molecule has 0 radical (unpaired) electrons. The third kappa shape index (κ3) is 6.31. The van der Waals surface area contributed by atoms with E-state index in [0.29, 0.717) is 5.75 Å². The summed E-state index contributed by atoms with van der Waals surface area (Å²) >= 11 is 0. The largest absolute Gasteiger partial charge is 0.416 e. The zero-order valence-electron chi connectivity index (χ0n) is 19.3. The highest BCUT2D eigenvalue weighted by Crippen LogP contribution is 2.27. The van der Waals surface area contributed by atoms with Gasteiger partial charge in [-0.3, -0.25) is 9.52 Å². The van der Waals surface area contributed by atoms with E-state index >= 15 is 0 Å². The monoisotopic (exact) mass is 493 g/mol. The first-order valence-corrected chi connectivity index (χ1v) is 12.1. The summed E-state index contributed by atoms with van der Waals surface area (Å²) < 4.78 is 63.5. The highest BCUT2D eigenvalue weighted by Gasteiger charge is 2.21. The van der Waals surface area contributed by atoms with Gasteiger partial charge in [0.1, 0.15) is 17.7 Å². The van der Waals surface area contributed by atoms with Crippen LogP contribution in [0.25, 0.3) is 0 Å². The molecule has 2 aromatic carbocycles. The minimum absolute atomic E-state index is 0.0141. The van der Waals surface area contributed by atoms with Gasteiger partial charge in [-0.2, -0.15) is 4.98 Å². The fourth-order valence-corrected chi connectivity index (χ4v) is 3.58. The molecule has 0 fully saturated rings. The Balaban J connectivity index is 1.67. The molecule has 0 aliphatic heterocycles. The van der Waals surface area contributed by atoms with E-state index in [9.17, 15) is 22.0 Å². The quantitative estimate of drug-likeness (QED) is 0.484. The summed E-state index contributed by atoms with van der Waals surface area (Å²) in [6.45, 7) is 7.77. The van der Waals surface area contributed by atoms with Gasteiger partial charge in [-0.25, -0.2) is 17.2 Å². The summed E-state index contributed by atoms with van der Waals surface area (Å²) in [7, 11) is -3.87. The van der Waals surface area contributed by atoms with Crippen LogP contribution in [0.4, 0.5) is 14.5 Å². The molecular weight excluding hydrogens is 468 g/mol. The van der Waals surface area contributed by atoms with Crippen molar-refractivity contribution in [2.45, 2.75) is 39.2 Å². The molecule has 182 valence electrons. The predicted octanol–water partition coefficient (Wildman–Crippen LogP) is 4.91. The van der Waals surface area contributed by atoms with E-state index in [-0.39, 0.29) is 22.7 Å². The first kappa shape index (κ1) is 25.2. The maximum atomic E-state index is 14.2. The molecule has 34 heavy (non-hydrogen) atoms. The summed E-state index contributed by atoms with van der Waals surface area (Å²) in [6.07, 6.45) is 1.73. The first-order valence-electron chi connectivity index (χ1n) is 10.2. The number of carbonyl (C=O) groups is 1.